The van der Waals surface area contributed by atoms with E-state index in [0.29, 0.717) is 27.7 Å². The maximum absolute atomic E-state index is 13.0. The molecule has 4 rings (SSSR count). The number of hydrogen-bond acceptors (Lipinski definition) is 2. The second-order valence-corrected chi connectivity index (χ2v) is 7.22. The fraction of sp³-hybridized carbons (Fsp3) is 0.0909. The Hall–Kier alpha value is -3.32. The van der Waals surface area contributed by atoms with E-state index in [4.69, 9.17) is 11.6 Å². The van der Waals surface area contributed by atoms with Crippen LogP contribution in [0.5, 0.6) is 0 Å². The zero-order valence-corrected chi connectivity index (χ0v) is 16.4. The number of amides is 1. The summed E-state index contributed by atoms with van der Waals surface area (Å²) >= 11 is 6.10. The average Bonchev–Trinajstić information content (AvgIpc) is 3.05. The molecule has 0 saturated heterocycles. The Labute approximate surface area is 174 Å². The van der Waals surface area contributed by atoms with E-state index >= 15 is 0 Å². The number of carbonyl (C=O) groups excluding carboxylic acids is 1. The molecule has 2 heterocycles. The summed E-state index contributed by atoms with van der Waals surface area (Å²) in [5, 5.41) is 3.21. The second kappa shape index (κ2) is 7.50. The van der Waals surface area contributed by atoms with Crippen LogP contribution in [-0.2, 0) is 6.18 Å². The van der Waals surface area contributed by atoms with Crippen LogP contribution in [0.15, 0.2) is 66.9 Å². The summed E-state index contributed by atoms with van der Waals surface area (Å²) in [5.41, 5.74) is 1.69. The molecule has 0 aliphatic heterocycles. The van der Waals surface area contributed by atoms with Crippen molar-refractivity contribution >= 4 is 29.0 Å². The van der Waals surface area contributed by atoms with E-state index in [1.807, 2.05) is 19.1 Å². The number of halogens is 4. The van der Waals surface area contributed by atoms with Crippen molar-refractivity contribution in [2.24, 2.45) is 0 Å². The zero-order chi connectivity index (χ0) is 21.5. The number of hydrogen-bond donors (Lipinski definition) is 1. The van der Waals surface area contributed by atoms with Crippen molar-refractivity contribution in [2.75, 3.05) is 5.32 Å². The minimum Gasteiger partial charge on any atom is -0.306 e. The van der Waals surface area contributed by atoms with Gasteiger partial charge in [-0.3, -0.25) is 9.20 Å². The highest BCUT2D eigenvalue weighted by Crippen LogP contribution is 2.32. The monoisotopic (exact) mass is 429 g/mol. The Balaban J connectivity index is 1.80. The van der Waals surface area contributed by atoms with Crippen LogP contribution in [0.25, 0.3) is 16.9 Å². The lowest BCUT2D eigenvalue weighted by molar-refractivity contribution is -0.137. The van der Waals surface area contributed by atoms with Crippen molar-refractivity contribution in [1.29, 1.82) is 0 Å². The van der Waals surface area contributed by atoms with Gasteiger partial charge in [-0.15, -0.1) is 0 Å². The van der Waals surface area contributed by atoms with Gasteiger partial charge in [0.25, 0.3) is 5.91 Å². The van der Waals surface area contributed by atoms with E-state index in [9.17, 15) is 18.0 Å². The molecule has 0 saturated carbocycles. The van der Waals surface area contributed by atoms with Crippen LogP contribution in [0.4, 0.5) is 19.0 Å². The van der Waals surface area contributed by atoms with Gasteiger partial charge in [-0.2, -0.15) is 13.2 Å². The van der Waals surface area contributed by atoms with Crippen LogP contribution in [0, 0.1) is 6.92 Å². The lowest BCUT2D eigenvalue weighted by atomic mass is 10.1. The summed E-state index contributed by atoms with van der Waals surface area (Å²) in [4.78, 5) is 17.4. The van der Waals surface area contributed by atoms with E-state index in [1.165, 1.54) is 12.1 Å². The number of aryl methyl sites for hydroxylation is 1. The molecule has 30 heavy (non-hydrogen) atoms. The molecule has 0 unspecified atom stereocenters. The third kappa shape index (κ3) is 3.89. The average molecular weight is 430 g/mol. The maximum atomic E-state index is 13.0. The van der Waals surface area contributed by atoms with Crippen molar-refractivity contribution in [3.63, 3.8) is 0 Å². The number of imidazole rings is 1. The molecule has 8 heteroatoms. The largest absolute Gasteiger partial charge is 0.416 e. The van der Waals surface area contributed by atoms with Gasteiger partial charge in [0, 0.05) is 22.3 Å². The van der Waals surface area contributed by atoms with Crippen LogP contribution < -0.4 is 5.32 Å². The number of fused-ring (bicyclic) bond motifs is 1. The van der Waals surface area contributed by atoms with E-state index in [1.54, 1.807) is 34.9 Å². The SMILES string of the molecule is Cc1ccn2c(NC(=O)c3cccc(C(F)(F)F)c3)c(-c3cccc(Cl)c3)nc2c1. The molecule has 0 aliphatic rings. The maximum Gasteiger partial charge on any atom is 0.416 e. The highest BCUT2D eigenvalue weighted by molar-refractivity contribution is 6.30. The van der Waals surface area contributed by atoms with Gasteiger partial charge in [-0.1, -0.05) is 29.8 Å². The molecule has 0 radical (unpaired) electrons. The predicted octanol–water partition coefficient (Wildman–Crippen LogP) is 6.23. The summed E-state index contributed by atoms with van der Waals surface area (Å²) < 4.78 is 40.7. The predicted molar refractivity (Wildman–Crippen MR) is 110 cm³/mol. The molecule has 0 spiro atoms. The quantitative estimate of drug-likeness (QED) is 0.419. The van der Waals surface area contributed by atoms with Gasteiger partial charge in [0.05, 0.1) is 5.56 Å². The third-order valence-electron chi connectivity index (χ3n) is 4.56. The standard InChI is InChI=1S/C22H15ClF3N3O/c1-13-8-9-29-18(10-13)27-19(14-4-3-7-17(23)12-14)20(29)28-21(30)15-5-2-6-16(11-15)22(24,25)26/h2-12H,1H3,(H,28,30). The Morgan fingerprint density at radius 1 is 1.07 bits per heavy atom. The normalized spacial score (nSPS) is 11.6. The molecule has 4 aromatic rings. The Morgan fingerprint density at radius 3 is 2.57 bits per heavy atom. The molecular weight excluding hydrogens is 415 g/mol. The molecule has 1 amide bonds. The lowest BCUT2D eigenvalue weighted by Gasteiger charge is -2.11. The van der Waals surface area contributed by atoms with Crippen LogP contribution in [0.2, 0.25) is 5.02 Å². The van der Waals surface area contributed by atoms with Gasteiger partial charge in [-0.25, -0.2) is 4.98 Å². The molecule has 0 bridgehead atoms. The molecule has 4 nitrogen and oxygen atoms in total. The number of pyridine rings is 1. The fourth-order valence-corrected chi connectivity index (χ4v) is 3.31. The molecule has 2 aromatic carbocycles. The molecule has 1 N–H and O–H groups in total. The first-order valence-electron chi connectivity index (χ1n) is 8.95. The summed E-state index contributed by atoms with van der Waals surface area (Å²) in [6, 6.07) is 14.9. The molecule has 0 fully saturated rings. The van der Waals surface area contributed by atoms with Gasteiger partial charge in [0.15, 0.2) is 0 Å². The molecular formula is C22H15ClF3N3O. The number of alkyl halides is 3. The van der Waals surface area contributed by atoms with E-state index in [-0.39, 0.29) is 5.56 Å². The van der Waals surface area contributed by atoms with Gasteiger partial charge in [0.1, 0.15) is 17.2 Å². The van der Waals surface area contributed by atoms with Crippen molar-refractivity contribution in [3.05, 3.63) is 88.6 Å². The molecule has 2 aromatic heterocycles. The first kappa shape index (κ1) is 20.0. The second-order valence-electron chi connectivity index (χ2n) is 6.78. The molecule has 152 valence electrons. The summed E-state index contributed by atoms with van der Waals surface area (Å²) in [6.45, 7) is 1.91. The van der Waals surface area contributed by atoms with Crippen LogP contribution in [0.3, 0.4) is 0 Å². The number of benzene rings is 2. The number of carbonyl (C=O) groups is 1. The molecule has 0 atom stereocenters. The Bertz CT molecular complexity index is 1260. The fourth-order valence-electron chi connectivity index (χ4n) is 3.12. The number of rotatable bonds is 3. The number of nitrogens with one attached hydrogen (secondary N) is 1. The highest BCUT2D eigenvalue weighted by Gasteiger charge is 2.31. The topological polar surface area (TPSA) is 46.4 Å². The van der Waals surface area contributed by atoms with Gasteiger partial charge in [-0.05, 0) is 55.0 Å². The van der Waals surface area contributed by atoms with Gasteiger partial charge < -0.3 is 5.32 Å². The Morgan fingerprint density at radius 2 is 1.83 bits per heavy atom. The molecule has 0 aliphatic carbocycles. The summed E-state index contributed by atoms with van der Waals surface area (Å²) in [7, 11) is 0. The van der Waals surface area contributed by atoms with E-state index in [2.05, 4.69) is 10.3 Å². The van der Waals surface area contributed by atoms with Crippen molar-refractivity contribution in [1.82, 2.24) is 9.38 Å². The van der Waals surface area contributed by atoms with Crippen molar-refractivity contribution < 1.29 is 18.0 Å². The van der Waals surface area contributed by atoms with Crippen molar-refractivity contribution in [3.8, 4) is 11.3 Å². The first-order valence-corrected chi connectivity index (χ1v) is 9.33. The first-order chi connectivity index (χ1) is 14.2. The number of anilines is 1. The lowest BCUT2D eigenvalue weighted by Crippen LogP contribution is -2.15. The smallest absolute Gasteiger partial charge is 0.306 e. The van der Waals surface area contributed by atoms with Crippen LogP contribution >= 0.6 is 11.6 Å². The summed E-state index contributed by atoms with van der Waals surface area (Å²) in [6.07, 6.45) is -2.80. The minimum atomic E-state index is -4.54. The summed E-state index contributed by atoms with van der Waals surface area (Å²) in [5.74, 6) is -0.332. The van der Waals surface area contributed by atoms with Gasteiger partial charge >= 0.3 is 6.18 Å². The van der Waals surface area contributed by atoms with Gasteiger partial charge in [0.2, 0.25) is 0 Å². The minimum absolute atomic E-state index is 0.107. The van der Waals surface area contributed by atoms with Crippen LogP contribution in [-0.4, -0.2) is 15.3 Å². The van der Waals surface area contributed by atoms with E-state index in [0.717, 1.165) is 17.7 Å². The van der Waals surface area contributed by atoms with Crippen LogP contribution in [0.1, 0.15) is 21.5 Å². The van der Waals surface area contributed by atoms with Crippen molar-refractivity contribution in [2.45, 2.75) is 13.1 Å². The Kier molecular flexibility index (Phi) is 4.99. The number of aromatic nitrogens is 2. The van der Waals surface area contributed by atoms with E-state index < -0.39 is 17.6 Å². The number of nitrogens with zero attached hydrogens (tertiary/aromatic N) is 2. The highest BCUT2D eigenvalue weighted by atomic mass is 35.5. The third-order valence-corrected chi connectivity index (χ3v) is 4.80. The zero-order valence-electron chi connectivity index (χ0n) is 15.7.